The Morgan fingerprint density at radius 2 is 1.87 bits per heavy atom. The second-order valence-corrected chi connectivity index (χ2v) is 7.33. The lowest BCUT2D eigenvalue weighted by molar-refractivity contribution is -0.142. The van der Waals surface area contributed by atoms with Crippen LogP contribution < -0.4 is 10.6 Å². The standard InChI is InChI=1S/C20H31N5O4.HI/c1-15-6-14-29-17(15)18(26)22-7-4-8-23-20(21-2)25-11-9-24(10-12-25)19(27)16-5-3-13-28-16;/h6,14,16H,3-5,7-13H2,1-2H3,(H,21,23)(H,22,26);1H. The highest BCUT2D eigenvalue weighted by atomic mass is 127. The molecule has 0 aromatic carbocycles. The van der Waals surface area contributed by atoms with Gasteiger partial charge in [-0.3, -0.25) is 14.6 Å². The molecule has 10 heteroatoms. The summed E-state index contributed by atoms with van der Waals surface area (Å²) in [6.07, 6.45) is 3.83. The van der Waals surface area contributed by atoms with E-state index in [1.807, 2.05) is 11.8 Å². The summed E-state index contributed by atoms with van der Waals surface area (Å²) in [6.45, 7) is 6.62. The molecule has 1 aromatic heterocycles. The maximum absolute atomic E-state index is 12.4. The molecule has 2 saturated heterocycles. The van der Waals surface area contributed by atoms with Crippen LogP contribution in [0.3, 0.4) is 0 Å². The highest BCUT2D eigenvalue weighted by Gasteiger charge is 2.30. The van der Waals surface area contributed by atoms with Crippen LogP contribution in [-0.2, 0) is 9.53 Å². The summed E-state index contributed by atoms with van der Waals surface area (Å²) >= 11 is 0. The van der Waals surface area contributed by atoms with Crippen LogP contribution in [0.15, 0.2) is 21.7 Å². The number of carbonyl (C=O) groups is 2. The summed E-state index contributed by atoms with van der Waals surface area (Å²) in [6, 6.07) is 1.77. The lowest BCUT2D eigenvalue weighted by Crippen LogP contribution is -2.55. The summed E-state index contributed by atoms with van der Waals surface area (Å²) in [5.41, 5.74) is 0.832. The first kappa shape index (κ1) is 24.4. The van der Waals surface area contributed by atoms with Crippen molar-refractivity contribution in [2.45, 2.75) is 32.3 Å². The minimum atomic E-state index is -0.251. The predicted octanol–water partition coefficient (Wildman–Crippen LogP) is 1.22. The molecule has 0 radical (unpaired) electrons. The van der Waals surface area contributed by atoms with Gasteiger partial charge in [-0.05, 0) is 32.3 Å². The maximum atomic E-state index is 12.4. The number of hydrogen-bond donors (Lipinski definition) is 2. The van der Waals surface area contributed by atoms with Gasteiger partial charge in [-0.15, -0.1) is 24.0 Å². The van der Waals surface area contributed by atoms with Crippen LogP contribution in [0.2, 0.25) is 0 Å². The predicted molar refractivity (Wildman–Crippen MR) is 124 cm³/mol. The Kier molecular flexibility index (Phi) is 9.89. The molecule has 2 aliphatic rings. The van der Waals surface area contributed by atoms with Crippen molar-refractivity contribution in [2.24, 2.45) is 4.99 Å². The molecule has 9 nitrogen and oxygen atoms in total. The summed E-state index contributed by atoms with van der Waals surface area (Å²) in [7, 11) is 1.76. The van der Waals surface area contributed by atoms with Crippen LogP contribution in [0.25, 0.3) is 0 Å². The van der Waals surface area contributed by atoms with E-state index in [1.165, 1.54) is 6.26 Å². The normalized spacial score (nSPS) is 19.4. The minimum Gasteiger partial charge on any atom is -0.459 e. The number of nitrogens with one attached hydrogen (secondary N) is 2. The van der Waals surface area contributed by atoms with Crippen LogP contribution >= 0.6 is 24.0 Å². The van der Waals surface area contributed by atoms with Crippen LogP contribution in [0.1, 0.15) is 35.4 Å². The molecule has 1 aromatic rings. The van der Waals surface area contributed by atoms with Crippen molar-refractivity contribution in [2.75, 3.05) is 52.9 Å². The van der Waals surface area contributed by atoms with Crippen molar-refractivity contribution in [3.8, 4) is 0 Å². The number of piperazine rings is 1. The fraction of sp³-hybridized carbons (Fsp3) is 0.650. The molecule has 3 heterocycles. The first-order chi connectivity index (χ1) is 14.1. The molecular formula is C20H32IN5O4. The van der Waals surface area contributed by atoms with Crippen LogP contribution in [0.4, 0.5) is 0 Å². The third-order valence-electron chi connectivity index (χ3n) is 5.30. The Hall–Kier alpha value is -1.82. The molecule has 2 amide bonds. The molecule has 1 unspecified atom stereocenters. The van der Waals surface area contributed by atoms with E-state index in [9.17, 15) is 9.59 Å². The molecule has 2 aliphatic heterocycles. The number of aryl methyl sites for hydroxylation is 1. The molecule has 168 valence electrons. The molecule has 3 rings (SSSR count). The number of rotatable bonds is 6. The number of nitrogens with zero attached hydrogens (tertiary/aromatic N) is 3. The number of furan rings is 1. The second kappa shape index (κ2) is 12.1. The monoisotopic (exact) mass is 533 g/mol. The maximum Gasteiger partial charge on any atom is 0.287 e. The zero-order chi connectivity index (χ0) is 20.6. The minimum absolute atomic E-state index is 0. The Morgan fingerprint density at radius 3 is 2.47 bits per heavy atom. The van der Waals surface area contributed by atoms with E-state index in [0.717, 1.165) is 43.9 Å². The quantitative estimate of drug-likeness (QED) is 0.247. The summed E-state index contributed by atoms with van der Waals surface area (Å²) < 4.78 is 10.7. The summed E-state index contributed by atoms with van der Waals surface area (Å²) in [5, 5.41) is 6.19. The Bertz CT molecular complexity index is 725. The lowest BCUT2D eigenvalue weighted by Gasteiger charge is -2.37. The van der Waals surface area contributed by atoms with Crippen molar-refractivity contribution in [3.63, 3.8) is 0 Å². The van der Waals surface area contributed by atoms with Crippen molar-refractivity contribution >= 4 is 41.8 Å². The van der Waals surface area contributed by atoms with Crippen molar-refractivity contribution in [3.05, 3.63) is 23.7 Å². The van der Waals surface area contributed by atoms with E-state index >= 15 is 0 Å². The van der Waals surface area contributed by atoms with Crippen LogP contribution in [0, 0.1) is 6.92 Å². The summed E-state index contributed by atoms with van der Waals surface area (Å²) in [5.74, 6) is 1.11. The van der Waals surface area contributed by atoms with Gasteiger partial charge >= 0.3 is 0 Å². The van der Waals surface area contributed by atoms with Gasteiger partial charge in [0.2, 0.25) is 0 Å². The van der Waals surface area contributed by atoms with E-state index in [4.69, 9.17) is 9.15 Å². The first-order valence-corrected chi connectivity index (χ1v) is 10.3. The third kappa shape index (κ3) is 6.34. The molecule has 30 heavy (non-hydrogen) atoms. The number of amides is 2. The van der Waals surface area contributed by atoms with Crippen molar-refractivity contribution in [1.29, 1.82) is 0 Å². The summed E-state index contributed by atoms with van der Waals surface area (Å²) in [4.78, 5) is 32.9. The Balaban J connectivity index is 0.00000320. The zero-order valence-corrected chi connectivity index (χ0v) is 20.0. The number of halogens is 1. The van der Waals surface area contributed by atoms with Gasteiger partial charge in [0.25, 0.3) is 11.8 Å². The van der Waals surface area contributed by atoms with E-state index < -0.39 is 0 Å². The average molecular weight is 533 g/mol. The highest BCUT2D eigenvalue weighted by molar-refractivity contribution is 14.0. The third-order valence-corrected chi connectivity index (χ3v) is 5.30. The van der Waals surface area contributed by atoms with Crippen LogP contribution in [-0.4, -0.2) is 86.6 Å². The molecule has 1 atom stereocenters. The smallest absolute Gasteiger partial charge is 0.287 e. The van der Waals surface area contributed by atoms with Gasteiger partial charge in [-0.2, -0.15) is 0 Å². The van der Waals surface area contributed by atoms with E-state index in [2.05, 4.69) is 20.5 Å². The Labute approximate surface area is 194 Å². The number of carbonyl (C=O) groups excluding carboxylic acids is 2. The van der Waals surface area contributed by atoms with E-state index in [0.29, 0.717) is 38.5 Å². The molecule has 0 spiro atoms. The topological polar surface area (TPSA) is 99.4 Å². The number of guanidine groups is 1. The van der Waals surface area contributed by atoms with E-state index in [1.54, 1.807) is 13.1 Å². The van der Waals surface area contributed by atoms with Crippen molar-refractivity contribution < 1.29 is 18.7 Å². The SMILES string of the molecule is CN=C(NCCCNC(=O)c1occc1C)N1CCN(C(=O)C2CCCO2)CC1.I. The first-order valence-electron chi connectivity index (χ1n) is 10.3. The van der Waals surface area contributed by atoms with Gasteiger partial charge in [0.15, 0.2) is 11.7 Å². The Morgan fingerprint density at radius 1 is 1.17 bits per heavy atom. The van der Waals surface area contributed by atoms with Gasteiger partial charge < -0.3 is 29.6 Å². The molecule has 0 saturated carbocycles. The molecule has 0 aliphatic carbocycles. The van der Waals surface area contributed by atoms with E-state index in [-0.39, 0.29) is 41.9 Å². The van der Waals surface area contributed by atoms with Gasteiger partial charge in [0.05, 0.1) is 6.26 Å². The molecule has 2 N–H and O–H groups in total. The molecule has 0 bridgehead atoms. The average Bonchev–Trinajstić information content (AvgIpc) is 3.42. The van der Waals surface area contributed by atoms with Gasteiger partial charge in [-0.25, -0.2) is 0 Å². The van der Waals surface area contributed by atoms with Crippen molar-refractivity contribution in [1.82, 2.24) is 20.4 Å². The number of ether oxygens (including phenoxy) is 1. The van der Waals surface area contributed by atoms with Gasteiger partial charge in [0, 0.05) is 58.5 Å². The largest absolute Gasteiger partial charge is 0.459 e. The fourth-order valence-electron chi connectivity index (χ4n) is 3.62. The second-order valence-electron chi connectivity index (χ2n) is 7.33. The van der Waals surface area contributed by atoms with Gasteiger partial charge in [0.1, 0.15) is 6.10 Å². The zero-order valence-electron chi connectivity index (χ0n) is 17.7. The van der Waals surface area contributed by atoms with Gasteiger partial charge in [-0.1, -0.05) is 0 Å². The molecule has 2 fully saturated rings. The number of aliphatic imine (C=N–C) groups is 1. The highest BCUT2D eigenvalue weighted by Crippen LogP contribution is 2.16. The fourth-order valence-corrected chi connectivity index (χ4v) is 3.62. The van der Waals surface area contributed by atoms with Crippen LogP contribution in [0.5, 0.6) is 0 Å². The molecular weight excluding hydrogens is 501 g/mol. The number of hydrogen-bond acceptors (Lipinski definition) is 5. The lowest BCUT2D eigenvalue weighted by atomic mass is 10.2.